The van der Waals surface area contributed by atoms with Gasteiger partial charge in [-0.1, -0.05) is 29.0 Å². The van der Waals surface area contributed by atoms with E-state index >= 15 is 0 Å². The first kappa shape index (κ1) is 12.4. The molecule has 0 saturated carbocycles. The quantitative estimate of drug-likeness (QED) is 0.789. The van der Waals surface area contributed by atoms with Crippen molar-refractivity contribution in [1.29, 1.82) is 0 Å². The van der Waals surface area contributed by atoms with E-state index in [1.165, 1.54) is 0 Å². The number of halogens is 1. The molecular weight excluding hydrogens is 278 g/mol. The van der Waals surface area contributed by atoms with Crippen LogP contribution in [-0.4, -0.2) is 16.5 Å². The fourth-order valence-electron chi connectivity index (χ4n) is 1.82. The lowest BCUT2D eigenvalue weighted by atomic mass is 10.3. The van der Waals surface area contributed by atoms with Gasteiger partial charge in [0.2, 0.25) is 0 Å². The molecule has 0 aliphatic heterocycles. The second-order valence-electron chi connectivity index (χ2n) is 4.13. The Balaban J connectivity index is 1.65. The van der Waals surface area contributed by atoms with E-state index in [1.54, 1.807) is 11.3 Å². The van der Waals surface area contributed by atoms with Crippen LogP contribution < -0.4 is 5.32 Å². The lowest BCUT2D eigenvalue weighted by Gasteiger charge is -2.01. The highest BCUT2D eigenvalue weighted by molar-refractivity contribution is 7.22. The van der Waals surface area contributed by atoms with Gasteiger partial charge >= 0.3 is 0 Å². The number of hydrogen-bond donors (Lipinski definition) is 1. The van der Waals surface area contributed by atoms with Gasteiger partial charge in [-0.15, -0.1) is 0 Å². The Kier molecular flexibility index (Phi) is 3.62. The van der Waals surface area contributed by atoms with Gasteiger partial charge in [0.1, 0.15) is 0 Å². The second kappa shape index (κ2) is 5.55. The summed E-state index contributed by atoms with van der Waals surface area (Å²) in [5.74, 6) is 0. The molecule has 3 nitrogen and oxygen atoms in total. The number of hydrogen-bond acceptors (Lipinski definition) is 4. The van der Waals surface area contributed by atoms with Crippen molar-refractivity contribution in [1.82, 2.24) is 9.97 Å². The summed E-state index contributed by atoms with van der Waals surface area (Å²) >= 11 is 7.59. The Morgan fingerprint density at radius 1 is 1.21 bits per heavy atom. The van der Waals surface area contributed by atoms with Crippen LogP contribution in [0.15, 0.2) is 42.6 Å². The molecule has 0 aliphatic rings. The average molecular weight is 290 g/mol. The van der Waals surface area contributed by atoms with Crippen molar-refractivity contribution in [2.75, 3.05) is 11.9 Å². The van der Waals surface area contributed by atoms with Crippen LogP contribution >= 0.6 is 22.9 Å². The van der Waals surface area contributed by atoms with Crippen LogP contribution in [0.3, 0.4) is 0 Å². The van der Waals surface area contributed by atoms with Crippen LogP contribution in [0.25, 0.3) is 10.2 Å². The summed E-state index contributed by atoms with van der Waals surface area (Å²) in [5.41, 5.74) is 2.02. The topological polar surface area (TPSA) is 37.8 Å². The number of nitrogens with zero attached hydrogens (tertiary/aromatic N) is 2. The van der Waals surface area contributed by atoms with Gasteiger partial charge < -0.3 is 5.32 Å². The largest absolute Gasteiger partial charge is 0.361 e. The molecule has 0 aliphatic carbocycles. The van der Waals surface area contributed by atoms with E-state index in [1.807, 2.05) is 42.6 Å². The van der Waals surface area contributed by atoms with Crippen molar-refractivity contribution < 1.29 is 0 Å². The van der Waals surface area contributed by atoms with E-state index in [0.29, 0.717) is 0 Å². The normalized spacial score (nSPS) is 10.8. The van der Waals surface area contributed by atoms with Crippen molar-refractivity contribution in [2.45, 2.75) is 6.42 Å². The summed E-state index contributed by atoms with van der Waals surface area (Å²) in [4.78, 5) is 8.80. The minimum atomic E-state index is 0.720. The molecule has 0 atom stereocenters. The van der Waals surface area contributed by atoms with Crippen LogP contribution in [0.4, 0.5) is 5.13 Å². The number of fused-ring (bicyclic) bond motifs is 1. The molecule has 96 valence electrons. The predicted octanol–water partition coefficient (Wildman–Crippen LogP) is 4.00. The summed E-state index contributed by atoms with van der Waals surface area (Å²) in [5, 5.41) is 4.97. The maximum absolute atomic E-state index is 5.95. The zero-order valence-corrected chi connectivity index (χ0v) is 11.7. The Morgan fingerprint density at radius 2 is 2.16 bits per heavy atom. The minimum absolute atomic E-state index is 0.720. The fraction of sp³-hybridized carbons (Fsp3) is 0.143. The number of anilines is 1. The molecule has 2 aromatic heterocycles. The summed E-state index contributed by atoms with van der Waals surface area (Å²) < 4.78 is 1.14. The van der Waals surface area contributed by atoms with Gasteiger partial charge in [0.25, 0.3) is 0 Å². The third-order valence-electron chi connectivity index (χ3n) is 2.73. The van der Waals surface area contributed by atoms with Crippen molar-refractivity contribution in [3.05, 3.63) is 53.3 Å². The number of benzene rings is 1. The van der Waals surface area contributed by atoms with Crippen LogP contribution in [0, 0.1) is 0 Å². The van der Waals surface area contributed by atoms with E-state index < -0.39 is 0 Å². The molecule has 1 aromatic carbocycles. The monoisotopic (exact) mass is 289 g/mol. The molecule has 5 heteroatoms. The Labute approximate surface area is 120 Å². The van der Waals surface area contributed by atoms with Gasteiger partial charge in [0.15, 0.2) is 5.13 Å². The number of nitrogens with one attached hydrogen (secondary N) is 1. The maximum Gasteiger partial charge on any atom is 0.183 e. The van der Waals surface area contributed by atoms with Gasteiger partial charge in [-0.3, -0.25) is 4.98 Å². The van der Waals surface area contributed by atoms with Crippen molar-refractivity contribution >= 4 is 38.3 Å². The zero-order valence-electron chi connectivity index (χ0n) is 10.1. The van der Waals surface area contributed by atoms with E-state index in [-0.39, 0.29) is 0 Å². The van der Waals surface area contributed by atoms with Gasteiger partial charge in [0.05, 0.1) is 10.2 Å². The number of aromatic nitrogens is 2. The summed E-state index contributed by atoms with van der Waals surface area (Å²) in [6, 6.07) is 11.7. The first-order valence-electron chi connectivity index (χ1n) is 6.01. The molecule has 0 fully saturated rings. The first-order valence-corrected chi connectivity index (χ1v) is 7.20. The van der Waals surface area contributed by atoms with Gasteiger partial charge in [-0.05, 0) is 30.3 Å². The lowest BCUT2D eigenvalue weighted by Crippen LogP contribution is -2.05. The molecule has 19 heavy (non-hydrogen) atoms. The SMILES string of the molecule is Clc1ccc2sc(NCCc3ccccn3)nc2c1. The third kappa shape index (κ3) is 3.03. The van der Waals surface area contributed by atoms with E-state index in [4.69, 9.17) is 11.6 Å². The maximum atomic E-state index is 5.95. The molecule has 0 amide bonds. The molecule has 0 radical (unpaired) electrons. The standard InChI is InChI=1S/C14H12ClN3S/c15-10-4-5-13-12(9-10)18-14(19-13)17-8-6-11-3-1-2-7-16-11/h1-5,7,9H,6,8H2,(H,17,18). The predicted molar refractivity (Wildman–Crippen MR) is 81.1 cm³/mol. The van der Waals surface area contributed by atoms with Crippen molar-refractivity contribution in [3.8, 4) is 0 Å². The smallest absolute Gasteiger partial charge is 0.183 e. The van der Waals surface area contributed by atoms with Crippen LogP contribution in [0.1, 0.15) is 5.69 Å². The summed E-state index contributed by atoms with van der Waals surface area (Å²) in [7, 11) is 0. The molecule has 2 heterocycles. The molecule has 0 unspecified atom stereocenters. The number of rotatable bonds is 4. The average Bonchev–Trinajstić information content (AvgIpc) is 2.82. The summed E-state index contributed by atoms with van der Waals surface area (Å²) in [6.07, 6.45) is 2.70. The Morgan fingerprint density at radius 3 is 3.00 bits per heavy atom. The molecule has 0 saturated heterocycles. The van der Waals surface area contributed by atoms with Gasteiger partial charge in [0, 0.05) is 29.9 Å². The lowest BCUT2D eigenvalue weighted by molar-refractivity contribution is 0.960. The first-order chi connectivity index (χ1) is 9.31. The van der Waals surface area contributed by atoms with Gasteiger partial charge in [-0.25, -0.2) is 4.98 Å². The zero-order chi connectivity index (χ0) is 13.1. The van der Waals surface area contributed by atoms with Crippen molar-refractivity contribution in [2.24, 2.45) is 0 Å². The molecule has 3 rings (SSSR count). The minimum Gasteiger partial charge on any atom is -0.361 e. The molecular formula is C14H12ClN3S. The van der Waals surface area contributed by atoms with Crippen LogP contribution in [-0.2, 0) is 6.42 Å². The number of thiazole rings is 1. The second-order valence-corrected chi connectivity index (χ2v) is 5.60. The Hall–Kier alpha value is -1.65. The molecule has 3 aromatic rings. The van der Waals surface area contributed by atoms with E-state index in [0.717, 1.165) is 39.0 Å². The van der Waals surface area contributed by atoms with E-state index in [9.17, 15) is 0 Å². The Bertz CT molecular complexity index is 681. The van der Waals surface area contributed by atoms with Gasteiger partial charge in [-0.2, -0.15) is 0 Å². The van der Waals surface area contributed by atoms with E-state index in [2.05, 4.69) is 15.3 Å². The fourth-order valence-corrected chi connectivity index (χ4v) is 2.86. The highest BCUT2D eigenvalue weighted by Gasteiger charge is 2.03. The third-order valence-corrected chi connectivity index (χ3v) is 3.96. The van der Waals surface area contributed by atoms with Crippen molar-refractivity contribution in [3.63, 3.8) is 0 Å². The van der Waals surface area contributed by atoms with Crippen LogP contribution in [0.5, 0.6) is 0 Å². The highest BCUT2D eigenvalue weighted by atomic mass is 35.5. The molecule has 1 N–H and O–H groups in total. The highest BCUT2D eigenvalue weighted by Crippen LogP contribution is 2.27. The molecule has 0 bridgehead atoms. The van der Waals surface area contributed by atoms with Crippen LogP contribution in [0.2, 0.25) is 5.02 Å². The number of pyridine rings is 1. The molecule has 0 spiro atoms. The summed E-state index contributed by atoms with van der Waals surface area (Å²) in [6.45, 7) is 0.824.